The molecular weight excluding hydrogens is 767 g/mol. The van der Waals surface area contributed by atoms with E-state index < -0.39 is 33.5 Å². The van der Waals surface area contributed by atoms with Gasteiger partial charge >= 0.3 is 12.2 Å². The third kappa shape index (κ3) is 25.9. The molecule has 0 aliphatic heterocycles. The molecule has 0 unspecified atom stereocenters. The fourth-order valence-electron chi connectivity index (χ4n) is 4.17. The van der Waals surface area contributed by atoms with Crippen LogP contribution in [-0.2, 0) is 58.7 Å². The highest BCUT2D eigenvalue weighted by Crippen LogP contribution is 2.14. The van der Waals surface area contributed by atoms with Gasteiger partial charge in [0.1, 0.15) is 23.6 Å². The first-order valence-electron chi connectivity index (χ1n) is 18.7. The van der Waals surface area contributed by atoms with Gasteiger partial charge in [0.15, 0.2) is 0 Å². The van der Waals surface area contributed by atoms with Crippen molar-refractivity contribution in [2.75, 3.05) is 92.5 Å². The highest BCUT2D eigenvalue weighted by molar-refractivity contribution is 7.86. The van der Waals surface area contributed by atoms with Gasteiger partial charge in [-0.15, -0.1) is 0 Å². The Morgan fingerprint density at radius 3 is 1.35 bits per heavy atom. The van der Waals surface area contributed by atoms with E-state index in [-0.39, 0.29) is 30.6 Å². The Balaban J connectivity index is 1.43. The zero-order valence-corrected chi connectivity index (χ0v) is 35.1. The van der Waals surface area contributed by atoms with Gasteiger partial charge in [0.2, 0.25) is 5.96 Å². The van der Waals surface area contributed by atoms with Crippen LogP contribution >= 0.6 is 0 Å². The molecular formula is C39H61N3O14S. The number of nitrogens with one attached hydrogen (secondary N) is 2. The number of nitrogens with zero attached hydrogens (tertiary/aromatic N) is 1. The smallest absolute Gasteiger partial charge is 0.414 e. The van der Waals surface area contributed by atoms with Crippen LogP contribution in [0.5, 0.6) is 5.75 Å². The number of carbonyl (C=O) groups is 2. The van der Waals surface area contributed by atoms with Crippen LogP contribution in [0, 0.1) is 6.92 Å². The van der Waals surface area contributed by atoms with Crippen LogP contribution in [0.4, 0.5) is 9.59 Å². The van der Waals surface area contributed by atoms with Crippen LogP contribution in [0.2, 0.25) is 0 Å². The number of hydrogen-bond donors (Lipinski definition) is 2. The van der Waals surface area contributed by atoms with E-state index >= 15 is 0 Å². The van der Waals surface area contributed by atoms with Gasteiger partial charge in [-0.1, -0.05) is 29.8 Å². The Hall–Kier alpha value is -3.88. The predicted octanol–water partition coefficient (Wildman–Crippen LogP) is 4.78. The molecule has 2 aromatic rings. The molecule has 0 fully saturated rings. The van der Waals surface area contributed by atoms with E-state index in [1.54, 1.807) is 65.8 Å². The highest BCUT2D eigenvalue weighted by atomic mass is 32.2. The average Bonchev–Trinajstić information content (AvgIpc) is 3.11. The molecule has 18 heteroatoms. The number of aryl methyl sites for hydroxylation is 1. The van der Waals surface area contributed by atoms with Gasteiger partial charge in [-0.05, 0) is 78.3 Å². The zero-order chi connectivity index (χ0) is 42.0. The topological polar surface area (TPSA) is 197 Å². The Kier molecular flexibility index (Phi) is 23.3. The summed E-state index contributed by atoms with van der Waals surface area (Å²) in [4.78, 5) is 29.0. The van der Waals surface area contributed by atoms with E-state index in [1.807, 2.05) is 19.1 Å². The molecule has 0 spiro atoms. The minimum absolute atomic E-state index is 0.0752. The van der Waals surface area contributed by atoms with Crippen LogP contribution in [0.1, 0.15) is 52.7 Å². The maximum atomic E-state index is 12.3. The quantitative estimate of drug-likeness (QED) is 0.0569. The second-order valence-electron chi connectivity index (χ2n) is 14.2. The largest absolute Gasteiger partial charge is 0.491 e. The minimum Gasteiger partial charge on any atom is -0.491 e. The number of carbonyl (C=O) groups excluding carboxylic acids is 2. The number of benzene rings is 2. The lowest BCUT2D eigenvalue weighted by Crippen LogP contribution is -2.47. The molecule has 0 aliphatic carbocycles. The number of amides is 2. The monoisotopic (exact) mass is 827 g/mol. The van der Waals surface area contributed by atoms with Gasteiger partial charge in [0.05, 0.1) is 97.3 Å². The maximum Gasteiger partial charge on any atom is 0.414 e. The predicted molar refractivity (Wildman–Crippen MR) is 211 cm³/mol. The molecule has 2 aromatic carbocycles. The van der Waals surface area contributed by atoms with Crippen LogP contribution in [0.15, 0.2) is 58.4 Å². The lowest BCUT2D eigenvalue weighted by Gasteiger charge is -2.22. The lowest BCUT2D eigenvalue weighted by molar-refractivity contribution is -0.0186. The summed E-state index contributed by atoms with van der Waals surface area (Å²) in [5.41, 5.74) is 0.306. The summed E-state index contributed by atoms with van der Waals surface area (Å²) >= 11 is 0. The van der Waals surface area contributed by atoms with Crippen molar-refractivity contribution in [2.45, 2.75) is 71.1 Å². The van der Waals surface area contributed by atoms with E-state index in [0.29, 0.717) is 85.0 Å². The molecule has 0 aromatic heterocycles. The normalized spacial score (nSPS) is 11.8. The van der Waals surface area contributed by atoms with Gasteiger partial charge in [-0.3, -0.25) is 14.8 Å². The molecule has 17 nitrogen and oxygen atoms in total. The van der Waals surface area contributed by atoms with Crippen molar-refractivity contribution in [1.29, 1.82) is 0 Å². The fraction of sp³-hybridized carbons (Fsp3) is 0.615. The van der Waals surface area contributed by atoms with Crippen LogP contribution in [0.25, 0.3) is 0 Å². The Morgan fingerprint density at radius 1 is 0.561 bits per heavy atom. The second kappa shape index (κ2) is 26.9. The zero-order valence-electron chi connectivity index (χ0n) is 34.3. The molecule has 2 amide bonds. The molecule has 0 heterocycles. The van der Waals surface area contributed by atoms with Gasteiger partial charge < -0.3 is 42.6 Å². The average molecular weight is 828 g/mol. The van der Waals surface area contributed by atoms with Gasteiger partial charge in [-0.25, -0.2) is 14.6 Å². The van der Waals surface area contributed by atoms with Crippen LogP contribution < -0.4 is 15.4 Å². The summed E-state index contributed by atoms with van der Waals surface area (Å²) in [6.45, 7) is 17.2. The van der Waals surface area contributed by atoms with Crippen molar-refractivity contribution in [3.8, 4) is 5.75 Å². The number of alkyl carbamates (subject to hydrolysis) is 2. The van der Waals surface area contributed by atoms with E-state index in [0.717, 1.165) is 11.1 Å². The number of guanidine groups is 1. The molecule has 322 valence electrons. The second-order valence-corrected chi connectivity index (χ2v) is 15.8. The third-order valence-corrected chi connectivity index (χ3v) is 8.04. The highest BCUT2D eigenvalue weighted by Gasteiger charge is 2.21. The minimum atomic E-state index is -3.79. The summed E-state index contributed by atoms with van der Waals surface area (Å²) < 4.78 is 78.3. The first-order valence-corrected chi connectivity index (χ1v) is 20.1. The molecule has 0 bridgehead atoms. The van der Waals surface area contributed by atoms with Crippen molar-refractivity contribution < 1.29 is 64.8 Å². The van der Waals surface area contributed by atoms with Crippen LogP contribution in [0.3, 0.4) is 0 Å². The van der Waals surface area contributed by atoms with Crippen LogP contribution in [-0.4, -0.2) is 130 Å². The Labute approximate surface area is 337 Å². The van der Waals surface area contributed by atoms with E-state index in [2.05, 4.69) is 15.6 Å². The Morgan fingerprint density at radius 2 is 0.947 bits per heavy atom. The van der Waals surface area contributed by atoms with Crippen molar-refractivity contribution in [3.63, 3.8) is 0 Å². The van der Waals surface area contributed by atoms with Crippen molar-refractivity contribution in [2.24, 2.45) is 4.99 Å². The summed E-state index contributed by atoms with van der Waals surface area (Å²) in [6, 6.07) is 13.7. The molecule has 0 saturated carbocycles. The molecule has 0 aliphatic rings. The standard InChI is InChI=1S/C39H61N3O14S/c1-31-8-14-34(15-9-31)57(45,46)54-29-27-52-25-23-50-21-19-48-17-16-47-18-20-49-22-24-51-26-28-53-33-12-10-32(11-13-33)30-40-35(41-36(43)55-38(2,3)4)42-37(44)56-39(5,6)7/h8-15H,16-30H2,1-7H3,(H2,40,41,42,43,44). The summed E-state index contributed by atoms with van der Waals surface area (Å²) in [6.07, 6.45) is -1.53. The van der Waals surface area contributed by atoms with E-state index in [1.165, 1.54) is 12.1 Å². The first-order chi connectivity index (χ1) is 27.0. The van der Waals surface area contributed by atoms with E-state index in [4.69, 9.17) is 46.8 Å². The lowest BCUT2D eigenvalue weighted by atomic mass is 10.2. The number of ether oxygens (including phenoxy) is 9. The number of aliphatic imine (C=N–C) groups is 1. The van der Waals surface area contributed by atoms with Crippen molar-refractivity contribution >= 4 is 28.3 Å². The molecule has 0 atom stereocenters. The van der Waals surface area contributed by atoms with Crippen molar-refractivity contribution in [3.05, 3.63) is 59.7 Å². The molecule has 0 radical (unpaired) electrons. The van der Waals surface area contributed by atoms with Gasteiger partial charge in [0.25, 0.3) is 10.1 Å². The third-order valence-electron chi connectivity index (χ3n) is 6.71. The number of rotatable bonds is 26. The maximum absolute atomic E-state index is 12.3. The molecule has 0 saturated heterocycles. The SMILES string of the molecule is Cc1ccc(S(=O)(=O)OCCOCCOCCOCCOCCOCCOCCOc2ccc(CN=C(NC(=O)OC(C)(C)C)NC(=O)OC(C)(C)C)cc2)cc1. The number of hydrogen-bond acceptors (Lipinski definition) is 15. The molecule has 2 N–H and O–H groups in total. The summed E-state index contributed by atoms with van der Waals surface area (Å²) in [5.74, 6) is 0.545. The Bertz CT molecular complexity index is 1530. The van der Waals surface area contributed by atoms with Crippen molar-refractivity contribution in [1.82, 2.24) is 10.6 Å². The summed E-state index contributed by atoms with van der Waals surface area (Å²) in [7, 11) is -3.79. The fourth-order valence-corrected chi connectivity index (χ4v) is 5.06. The molecule has 2 rings (SSSR count). The summed E-state index contributed by atoms with van der Waals surface area (Å²) in [5, 5.41) is 4.91. The van der Waals surface area contributed by atoms with Gasteiger partial charge in [-0.2, -0.15) is 8.42 Å². The first kappa shape index (κ1) is 49.3. The van der Waals surface area contributed by atoms with E-state index in [9.17, 15) is 18.0 Å². The van der Waals surface area contributed by atoms with Gasteiger partial charge in [0, 0.05) is 0 Å². The molecule has 57 heavy (non-hydrogen) atoms.